The van der Waals surface area contributed by atoms with Crippen LogP contribution in [-0.4, -0.2) is 25.9 Å². The summed E-state index contributed by atoms with van der Waals surface area (Å²) in [6.07, 6.45) is 3.82. The number of carboxylic acids is 1. The van der Waals surface area contributed by atoms with Crippen LogP contribution in [0.3, 0.4) is 0 Å². The summed E-state index contributed by atoms with van der Waals surface area (Å²) in [6, 6.07) is 10.4. The Bertz CT molecular complexity index is 1020. The molecule has 3 rings (SSSR count). The van der Waals surface area contributed by atoms with E-state index in [4.69, 9.17) is 5.11 Å². The molecule has 24 heavy (non-hydrogen) atoms. The van der Waals surface area contributed by atoms with E-state index in [1.807, 2.05) is 0 Å². The number of fused-ring (bicyclic) bond motifs is 1. The molecule has 1 heterocycles. The Morgan fingerprint density at radius 3 is 2.29 bits per heavy atom. The molecule has 0 saturated heterocycles. The van der Waals surface area contributed by atoms with Crippen LogP contribution in [0.25, 0.3) is 22.5 Å². The second-order valence-electron chi connectivity index (χ2n) is 5.18. The lowest BCUT2D eigenvalue weighted by Gasteiger charge is -2.11. The first-order chi connectivity index (χ1) is 11.5. The molecule has 0 aliphatic carbocycles. The zero-order chi connectivity index (χ0) is 17.3. The Hall–Kier alpha value is -3.54. The molecule has 0 fully saturated rings. The minimum absolute atomic E-state index is 0.0192. The predicted octanol–water partition coefficient (Wildman–Crippen LogP) is 2.50. The maximum Gasteiger partial charge on any atom is 0.328 e. The van der Waals surface area contributed by atoms with Crippen LogP contribution in [0.2, 0.25) is 0 Å². The lowest BCUT2D eigenvalue weighted by atomic mass is 10.1. The van der Waals surface area contributed by atoms with Crippen LogP contribution in [0, 0.1) is 0 Å². The van der Waals surface area contributed by atoms with Crippen LogP contribution in [0.15, 0.2) is 59.5 Å². The van der Waals surface area contributed by atoms with Crippen molar-refractivity contribution in [2.45, 2.75) is 0 Å². The molecule has 3 aromatic rings. The minimum atomic E-state index is -1.12. The highest BCUT2D eigenvalue weighted by atomic mass is 16.4. The average molecular weight is 323 g/mol. The van der Waals surface area contributed by atoms with E-state index < -0.39 is 5.97 Å². The molecule has 0 amide bonds. The largest absolute Gasteiger partial charge is 0.508 e. The molecule has 0 spiro atoms. The van der Waals surface area contributed by atoms with Crippen molar-refractivity contribution in [3.63, 3.8) is 0 Å². The number of pyridine rings is 1. The van der Waals surface area contributed by atoms with Gasteiger partial charge in [-0.15, -0.1) is 0 Å². The van der Waals surface area contributed by atoms with Gasteiger partial charge in [0.25, 0.3) is 5.56 Å². The van der Waals surface area contributed by atoms with Gasteiger partial charge >= 0.3 is 5.97 Å². The molecular formula is C18H13NO5. The molecule has 0 radical (unpaired) electrons. The smallest absolute Gasteiger partial charge is 0.328 e. The molecule has 6 nitrogen and oxygen atoms in total. The van der Waals surface area contributed by atoms with Crippen molar-refractivity contribution in [2.75, 3.05) is 0 Å². The van der Waals surface area contributed by atoms with Crippen LogP contribution in [0.4, 0.5) is 0 Å². The van der Waals surface area contributed by atoms with E-state index in [0.717, 1.165) is 6.08 Å². The molecule has 1 aromatic heterocycles. The van der Waals surface area contributed by atoms with Crippen molar-refractivity contribution in [1.82, 2.24) is 4.57 Å². The molecule has 0 bridgehead atoms. The zero-order valence-corrected chi connectivity index (χ0v) is 12.4. The molecule has 0 aliphatic rings. The molecule has 0 aliphatic heterocycles. The van der Waals surface area contributed by atoms with E-state index in [1.54, 1.807) is 12.1 Å². The van der Waals surface area contributed by atoms with Gasteiger partial charge in [-0.05, 0) is 59.5 Å². The summed E-state index contributed by atoms with van der Waals surface area (Å²) in [5.41, 5.74) is 0.678. The van der Waals surface area contributed by atoms with Crippen molar-refractivity contribution in [3.8, 4) is 17.2 Å². The number of phenolic OH excluding ortho intramolecular Hbond substituents is 2. The van der Waals surface area contributed by atoms with Gasteiger partial charge in [-0.2, -0.15) is 0 Å². The fourth-order valence-electron chi connectivity index (χ4n) is 2.45. The number of aromatic hydroxyl groups is 2. The predicted molar refractivity (Wildman–Crippen MR) is 89.5 cm³/mol. The van der Waals surface area contributed by atoms with Gasteiger partial charge in [-0.25, -0.2) is 4.79 Å². The third-order valence-corrected chi connectivity index (χ3v) is 3.56. The van der Waals surface area contributed by atoms with Crippen LogP contribution < -0.4 is 5.56 Å². The Kier molecular flexibility index (Phi) is 3.79. The third-order valence-electron chi connectivity index (χ3n) is 3.56. The summed E-state index contributed by atoms with van der Waals surface area (Å²) >= 11 is 0. The summed E-state index contributed by atoms with van der Waals surface area (Å²) in [7, 11) is 0. The monoisotopic (exact) mass is 323 g/mol. The van der Waals surface area contributed by atoms with E-state index in [1.165, 1.54) is 47.2 Å². The second kappa shape index (κ2) is 5.92. The molecule has 0 atom stereocenters. The van der Waals surface area contributed by atoms with E-state index in [0.29, 0.717) is 22.0 Å². The summed E-state index contributed by atoms with van der Waals surface area (Å²) in [6.45, 7) is 0. The number of phenols is 2. The normalized spacial score (nSPS) is 11.2. The zero-order valence-electron chi connectivity index (χ0n) is 12.4. The van der Waals surface area contributed by atoms with Crippen molar-refractivity contribution in [3.05, 3.63) is 70.7 Å². The fourth-order valence-corrected chi connectivity index (χ4v) is 2.45. The van der Waals surface area contributed by atoms with Crippen LogP contribution >= 0.6 is 0 Å². The fraction of sp³-hybridized carbons (Fsp3) is 0. The van der Waals surface area contributed by atoms with Gasteiger partial charge in [-0.3, -0.25) is 9.36 Å². The standard InChI is InChI=1S/C18H13NO5/c20-13-4-2-12(3-5-13)19-10-11(1-8-17(22)23)16-9-14(21)6-7-15(16)18(19)24/h1-10,20-21H,(H,22,23)/b8-1+. The molecule has 0 saturated carbocycles. The van der Waals surface area contributed by atoms with E-state index in [2.05, 4.69) is 0 Å². The van der Waals surface area contributed by atoms with E-state index >= 15 is 0 Å². The van der Waals surface area contributed by atoms with Gasteiger partial charge in [-0.1, -0.05) is 0 Å². The Morgan fingerprint density at radius 1 is 0.958 bits per heavy atom. The first kappa shape index (κ1) is 15.4. The highest BCUT2D eigenvalue weighted by Crippen LogP contribution is 2.23. The quantitative estimate of drug-likeness (QED) is 0.643. The summed E-state index contributed by atoms with van der Waals surface area (Å²) < 4.78 is 1.36. The number of carbonyl (C=O) groups is 1. The molecular weight excluding hydrogens is 310 g/mol. The first-order valence-corrected chi connectivity index (χ1v) is 7.04. The maximum atomic E-state index is 12.7. The molecule has 120 valence electrons. The second-order valence-corrected chi connectivity index (χ2v) is 5.18. The van der Waals surface area contributed by atoms with Crippen molar-refractivity contribution < 1.29 is 20.1 Å². The number of aliphatic carboxylic acids is 1. The molecule has 0 unspecified atom stereocenters. The van der Waals surface area contributed by atoms with Gasteiger partial charge in [0.05, 0.1) is 0 Å². The Labute approximate surface area is 136 Å². The number of hydrogen-bond acceptors (Lipinski definition) is 4. The SMILES string of the molecule is O=C(O)/C=C/c1cn(-c2ccc(O)cc2)c(=O)c2ccc(O)cc12. The third kappa shape index (κ3) is 2.85. The number of hydrogen-bond donors (Lipinski definition) is 3. The maximum absolute atomic E-state index is 12.7. The van der Waals surface area contributed by atoms with Crippen molar-refractivity contribution in [1.29, 1.82) is 0 Å². The van der Waals surface area contributed by atoms with Crippen molar-refractivity contribution >= 4 is 22.8 Å². The molecule has 3 N–H and O–H groups in total. The number of carboxylic acid groups (broad SMARTS) is 1. The van der Waals surface area contributed by atoms with Crippen LogP contribution in [-0.2, 0) is 4.79 Å². The van der Waals surface area contributed by atoms with Gasteiger partial charge in [0.15, 0.2) is 0 Å². The van der Waals surface area contributed by atoms with Gasteiger partial charge in [0.2, 0.25) is 0 Å². The van der Waals surface area contributed by atoms with E-state index in [9.17, 15) is 19.8 Å². The lowest BCUT2D eigenvalue weighted by Crippen LogP contribution is -2.18. The first-order valence-electron chi connectivity index (χ1n) is 7.04. The number of benzene rings is 2. The van der Waals surface area contributed by atoms with Crippen LogP contribution in [0.1, 0.15) is 5.56 Å². The van der Waals surface area contributed by atoms with Gasteiger partial charge in [0.1, 0.15) is 11.5 Å². The Morgan fingerprint density at radius 2 is 1.62 bits per heavy atom. The average Bonchev–Trinajstić information content (AvgIpc) is 2.55. The topological polar surface area (TPSA) is 99.8 Å². The van der Waals surface area contributed by atoms with Crippen molar-refractivity contribution in [2.24, 2.45) is 0 Å². The minimum Gasteiger partial charge on any atom is -0.508 e. The van der Waals surface area contributed by atoms with E-state index in [-0.39, 0.29) is 17.1 Å². The number of nitrogens with zero attached hydrogens (tertiary/aromatic N) is 1. The number of rotatable bonds is 3. The highest BCUT2D eigenvalue weighted by molar-refractivity contribution is 5.94. The highest BCUT2D eigenvalue weighted by Gasteiger charge is 2.10. The summed E-state index contributed by atoms with van der Waals surface area (Å²) in [4.78, 5) is 23.5. The molecule has 2 aromatic carbocycles. The lowest BCUT2D eigenvalue weighted by molar-refractivity contribution is -0.131. The summed E-state index contributed by atoms with van der Waals surface area (Å²) in [5.74, 6) is -1.07. The summed E-state index contributed by atoms with van der Waals surface area (Å²) in [5, 5.41) is 28.7. The Balaban J connectivity index is 2.33. The van der Waals surface area contributed by atoms with Gasteiger partial charge in [0, 0.05) is 23.3 Å². The van der Waals surface area contributed by atoms with Crippen LogP contribution in [0.5, 0.6) is 11.5 Å². The number of aromatic nitrogens is 1. The van der Waals surface area contributed by atoms with Gasteiger partial charge < -0.3 is 15.3 Å². The molecule has 6 heteroatoms.